The van der Waals surface area contributed by atoms with Crippen molar-refractivity contribution in [3.05, 3.63) is 92.3 Å². The average molecular weight is 352 g/mol. The van der Waals surface area contributed by atoms with Crippen LogP contribution < -0.4 is 11.1 Å². The highest BCUT2D eigenvalue weighted by atomic mass is 32.1. The molecular formula is C19H13FN2O2S. The Morgan fingerprint density at radius 3 is 2.60 bits per heavy atom. The van der Waals surface area contributed by atoms with Gasteiger partial charge in [0.15, 0.2) is 0 Å². The molecule has 0 amide bonds. The van der Waals surface area contributed by atoms with Gasteiger partial charge in [-0.1, -0.05) is 18.2 Å². The lowest BCUT2D eigenvalue weighted by molar-refractivity contribution is 0.626. The number of aromatic amines is 1. The second kappa shape index (κ2) is 6.14. The largest absolute Gasteiger partial charge is 0.328 e. The number of hydrogen-bond donors (Lipinski definition) is 1. The summed E-state index contributed by atoms with van der Waals surface area (Å²) >= 11 is 1.54. The molecule has 0 spiro atoms. The van der Waals surface area contributed by atoms with Gasteiger partial charge in [0, 0.05) is 28.2 Å². The lowest BCUT2D eigenvalue weighted by atomic mass is 10.1. The lowest BCUT2D eigenvalue weighted by Gasteiger charge is -2.09. The van der Waals surface area contributed by atoms with E-state index in [1.165, 1.54) is 16.7 Å². The quantitative estimate of drug-likeness (QED) is 0.612. The Morgan fingerprint density at radius 1 is 1.08 bits per heavy atom. The van der Waals surface area contributed by atoms with E-state index in [-0.39, 0.29) is 23.3 Å². The molecule has 4 rings (SSSR count). The van der Waals surface area contributed by atoms with Crippen LogP contribution in [0.15, 0.2) is 69.8 Å². The maximum atomic E-state index is 13.0. The Hall–Kier alpha value is -2.99. The number of H-pyrrole nitrogens is 1. The third kappa shape index (κ3) is 2.81. The zero-order valence-corrected chi connectivity index (χ0v) is 13.8. The van der Waals surface area contributed by atoms with Crippen molar-refractivity contribution in [2.75, 3.05) is 0 Å². The molecule has 0 aliphatic rings. The summed E-state index contributed by atoms with van der Waals surface area (Å²) in [4.78, 5) is 28.7. The molecule has 4 aromatic rings. The van der Waals surface area contributed by atoms with Crippen LogP contribution in [-0.4, -0.2) is 9.55 Å². The first-order chi connectivity index (χ1) is 12.1. The predicted octanol–water partition coefficient (Wildman–Crippen LogP) is 3.61. The summed E-state index contributed by atoms with van der Waals surface area (Å²) in [6.07, 6.45) is 3.31. The van der Waals surface area contributed by atoms with Gasteiger partial charge in [0.25, 0.3) is 11.1 Å². The molecule has 3 heterocycles. The van der Waals surface area contributed by atoms with Crippen molar-refractivity contribution < 1.29 is 4.39 Å². The summed E-state index contributed by atoms with van der Waals surface area (Å²) < 4.78 is 14.5. The molecule has 0 aliphatic heterocycles. The normalized spacial score (nSPS) is 11.1. The minimum absolute atomic E-state index is 0.135. The SMILES string of the molecule is O=c1[nH]cc(-c2cccs2)c2ccn(Cc3ccc(F)cc3)c(=O)c12. The number of nitrogens with one attached hydrogen (secondary N) is 1. The maximum absolute atomic E-state index is 13.0. The molecule has 0 saturated carbocycles. The predicted molar refractivity (Wildman–Crippen MR) is 97.6 cm³/mol. The molecule has 4 nitrogen and oxygen atoms in total. The van der Waals surface area contributed by atoms with Crippen molar-refractivity contribution in [3.8, 4) is 10.4 Å². The summed E-state index contributed by atoms with van der Waals surface area (Å²) in [6, 6.07) is 11.6. The number of aromatic nitrogens is 2. The van der Waals surface area contributed by atoms with E-state index >= 15 is 0 Å². The Bertz CT molecular complexity index is 1160. The minimum Gasteiger partial charge on any atom is -0.328 e. The third-order valence-corrected chi connectivity index (χ3v) is 4.99. The molecule has 0 unspecified atom stereocenters. The van der Waals surface area contributed by atoms with Crippen LogP contribution in [0.25, 0.3) is 21.2 Å². The van der Waals surface area contributed by atoms with E-state index in [1.54, 1.807) is 41.9 Å². The first-order valence-electron chi connectivity index (χ1n) is 7.66. The Morgan fingerprint density at radius 2 is 1.88 bits per heavy atom. The number of nitrogens with zero attached hydrogens (tertiary/aromatic N) is 1. The third-order valence-electron chi connectivity index (χ3n) is 4.08. The fourth-order valence-electron chi connectivity index (χ4n) is 2.85. The van der Waals surface area contributed by atoms with E-state index in [9.17, 15) is 14.0 Å². The number of rotatable bonds is 3. The Labute approximate surface area is 145 Å². The van der Waals surface area contributed by atoms with E-state index in [4.69, 9.17) is 0 Å². The number of fused-ring (bicyclic) bond motifs is 1. The zero-order valence-electron chi connectivity index (χ0n) is 13.0. The topological polar surface area (TPSA) is 54.9 Å². The van der Waals surface area contributed by atoms with Gasteiger partial charge in [-0.3, -0.25) is 9.59 Å². The number of pyridine rings is 2. The zero-order chi connectivity index (χ0) is 17.4. The molecule has 6 heteroatoms. The molecule has 0 bridgehead atoms. The van der Waals surface area contributed by atoms with Gasteiger partial charge in [0.2, 0.25) is 0 Å². The highest BCUT2D eigenvalue weighted by molar-refractivity contribution is 7.13. The van der Waals surface area contributed by atoms with Gasteiger partial charge in [-0.15, -0.1) is 11.3 Å². The molecular weight excluding hydrogens is 339 g/mol. The average Bonchev–Trinajstić information content (AvgIpc) is 3.14. The van der Waals surface area contributed by atoms with Gasteiger partial charge >= 0.3 is 0 Å². The van der Waals surface area contributed by atoms with Crippen LogP contribution >= 0.6 is 11.3 Å². The molecule has 0 atom stereocenters. The number of benzene rings is 1. The molecule has 0 radical (unpaired) electrons. The maximum Gasteiger partial charge on any atom is 0.264 e. The van der Waals surface area contributed by atoms with Crippen molar-refractivity contribution in [1.82, 2.24) is 9.55 Å². The molecule has 25 heavy (non-hydrogen) atoms. The molecule has 0 aliphatic carbocycles. The fourth-order valence-corrected chi connectivity index (χ4v) is 3.61. The highest BCUT2D eigenvalue weighted by Gasteiger charge is 2.12. The van der Waals surface area contributed by atoms with Gasteiger partial charge in [0.05, 0.1) is 6.54 Å². The van der Waals surface area contributed by atoms with Gasteiger partial charge < -0.3 is 9.55 Å². The van der Waals surface area contributed by atoms with Crippen molar-refractivity contribution in [2.45, 2.75) is 6.54 Å². The van der Waals surface area contributed by atoms with Gasteiger partial charge in [0.1, 0.15) is 11.2 Å². The second-order valence-corrected chi connectivity index (χ2v) is 6.62. The van der Waals surface area contributed by atoms with Crippen LogP contribution in [0.2, 0.25) is 0 Å². The summed E-state index contributed by atoms with van der Waals surface area (Å²) in [6.45, 7) is 0.276. The molecule has 1 N–H and O–H groups in total. The van der Waals surface area contributed by atoms with Crippen LogP contribution in [0.5, 0.6) is 0 Å². The number of hydrogen-bond acceptors (Lipinski definition) is 3. The summed E-state index contributed by atoms with van der Waals surface area (Å²) in [5.41, 5.74) is 0.847. The van der Waals surface area contributed by atoms with Crippen LogP contribution in [0.4, 0.5) is 4.39 Å². The summed E-state index contributed by atoms with van der Waals surface area (Å²) in [5, 5.41) is 2.71. The van der Waals surface area contributed by atoms with E-state index < -0.39 is 5.56 Å². The van der Waals surface area contributed by atoms with Crippen molar-refractivity contribution >= 4 is 22.1 Å². The van der Waals surface area contributed by atoms with Crippen LogP contribution in [-0.2, 0) is 6.54 Å². The van der Waals surface area contributed by atoms with E-state index in [2.05, 4.69) is 4.98 Å². The highest BCUT2D eigenvalue weighted by Crippen LogP contribution is 2.28. The first kappa shape index (κ1) is 15.5. The van der Waals surface area contributed by atoms with Crippen molar-refractivity contribution in [3.63, 3.8) is 0 Å². The van der Waals surface area contributed by atoms with Gasteiger partial charge in [-0.2, -0.15) is 0 Å². The molecule has 1 aromatic carbocycles. The molecule has 124 valence electrons. The Balaban J connectivity index is 1.88. The standard InChI is InChI=1S/C19H13FN2O2S/c20-13-5-3-12(4-6-13)11-22-8-7-14-15(16-2-1-9-25-16)10-21-18(23)17(14)19(22)24/h1-10H,11H2,(H,21,23). The van der Waals surface area contributed by atoms with Crippen molar-refractivity contribution in [2.24, 2.45) is 0 Å². The monoisotopic (exact) mass is 352 g/mol. The smallest absolute Gasteiger partial charge is 0.264 e. The van der Waals surface area contributed by atoms with E-state index in [0.717, 1.165) is 16.0 Å². The lowest BCUT2D eigenvalue weighted by Crippen LogP contribution is -2.25. The van der Waals surface area contributed by atoms with Crippen LogP contribution in [0, 0.1) is 5.82 Å². The molecule has 0 fully saturated rings. The van der Waals surface area contributed by atoms with Crippen LogP contribution in [0.3, 0.4) is 0 Å². The van der Waals surface area contributed by atoms with Gasteiger partial charge in [-0.25, -0.2) is 4.39 Å². The van der Waals surface area contributed by atoms with Crippen molar-refractivity contribution in [1.29, 1.82) is 0 Å². The van der Waals surface area contributed by atoms with E-state index in [1.807, 2.05) is 17.5 Å². The number of halogens is 1. The van der Waals surface area contributed by atoms with Gasteiger partial charge in [-0.05, 0) is 35.2 Å². The fraction of sp³-hybridized carbons (Fsp3) is 0.0526. The van der Waals surface area contributed by atoms with E-state index in [0.29, 0.717) is 5.39 Å². The first-order valence-corrected chi connectivity index (χ1v) is 8.54. The second-order valence-electron chi connectivity index (χ2n) is 5.67. The van der Waals surface area contributed by atoms with Crippen LogP contribution in [0.1, 0.15) is 5.56 Å². The minimum atomic E-state index is -0.409. The summed E-state index contributed by atoms with van der Waals surface area (Å²) in [7, 11) is 0. The molecule has 3 aromatic heterocycles. The summed E-state index contributed by atoms with van der Waals surface area (Å²) in [5.74, 6) is -0.327. The Kier molecular flexibility index (Phi) is 3.82. The molecule has 0 saturated heterocycles. The number of thiophene rings is 1.